The van der Waals surface area contributed by atoms with Gasteiger partial charge in [0, 0.05) is 12.6 Å². The summed E-state index contributed by atoms with van der Waals surface area (Å²) in [6.45, 7) is 3.32. The van der Waals surface area contributed by atoms with Crippen LogP contribution in [0.5, 0.6) is 5.75 Å². The van der Waals surface area contributed by atoms with Crippen molar-refractivity contribution >= 4 is 5.69 Å². The fourth-order valence-corrected chi connectivity index (χ4v) is 2.66. The van der Waals surface area contributed by atoms with E-state index in [1.165, 1.54) is 25.9 Å². The van der Waals surface area contributed by atoms with Crippen molar-refractivity contribution in [3.05, 3.63) is 23.8 Å². The maximum atomic E-state index is 9.12. The summed E-state index contributed by atoms with van der Waals surface area (Å²) in [6, 6.07) is 7.73. The molecule has 0 amide bonds. The average Bonchev–Trinajstić information content (AvgIpc) is 2.49. The molecule has 0 bridgehead atoms. The minimum atomic E-state index is 0.675. The van der Waals surface area contributed by atoms with Gasteiger partial charge in [-0.05, 0) is 57.5 Å². The summed E-state index contributed by atoms with van der Waals surface area (Å²) in [6.07, 6.45) is 3.72. The van der Waals surface area contributed by atoms with Gasteiger partial charge in [0.25, 0.3) is 0 Å². The highest BCUT2D eigenvalue weighted by Gasteiger charge is 2.16. The number of nitrogens with zero attached hydrogens (tertiary/aromatic N) is 2. The first-order chi connectivity index (χ1) is 9.72. The van der Waals surface area contributed by atoms with Crippen LogP contribution < -0.4 is 10.1 Å². The van der Waals surface area contributed by atoms with Crippen LogP contribution in [0.25, 0.3) is 0 Å². The SMILES string of the molecule is COc1ccc(C#N)c(NCCC2CCN(C)CC2)c1. The number of piperidine rings is 1. The van der Waals surface area contributed by atoms with Crippen molar-refractivity contribution in [3.8, 4) is 11.8 Å². The second-order valence-corrected chi connectivity index (χ2v) is 5.49. The maximum absolute atomic E-state index is 9.12. The smallest absolute Gasteiger partial charge is 0.121 e. The summed E-state index contributed by atoms with van der Waals surface area (Å²) in [4.78, 5) is 2.39. The number of nitriles is 1. The zero-order valence-corrected chi connectivity index (χ0v) is 12.4. The Morgan fingerprint density at radius 1 is 1.40 bits per heavy atom. The molecule has 1 aromatic rings. The largest absolute Gasteiger partial charge is 0.497 e. The Balaban J connectivity index is 1.86. The van der Waals surface area contributed by atoms with Crippen molar-refractivity contribution in [2.75, 3.05) is 39.1 Å². The van der Waals surface area contributed by atoms with E-state index in [1.807, 2.05) is 12.1 Å². The average molecular weight is 273 g/mol. The van der Waals surface area contributed by atoms with Crippen molar-refractivity contribution in [1.82, 2.24) is 4.90 Å². The van der Waals surface area contributed by atoms with Crippen molar-refractivity contribution in [2.45, 2.75) is 19.3 Å². The van der Waals surface area contributed by atoms with E-state index in [4.69, 9.17) is 10.00 Å². The Bertz CT molecular complexity index is 473. The number of hydrogen-bond donors (Lipinski definition) is 1. The third-order valence-electron chi connectivity index (χ3n) is 4.05. The number of nitrogens with one attached hydrogen (secondary N) is 1. The van der Waals surface area contributed by atoms with Gasteiger partial charge in [-0.25, -0.2) is 0 Å². The molecular weight excluding hydrogens is 250 g/mol. The molecule has 1 N–H and O–H groups in total. The Morgan fingerprint density at radius 2 is 2.15 bits per heavy atom. The number of ether oxygens (including phenoxy) is 1. The molecule has 2 rings (SSSR count). The Morgan fingerprint density at radius 3 is 2.80 bits per heavy atom. The zero-order valence-electron chi connectivity index (χ0n) is 12.4. The number of rotatable bonds is 5. The van der Waals surface area contributed by atoms with Gasteiger partial charge in [-0.3, -0.25) is 0 Å². The molecule has 1 fully saturated rings. The molecule has 1 aliphatic rings. The molecular formula is C16H23N3O. The fourth-order valence-electron chi connectivity index (χ4n) is 2.66. The first kappa shape index (κ1) is 14.7. The number of hydrogen-bond acceptors (Lipinski definition) is 4. The van der Waals surface area contributed by atoms with Crippen LogP contribution in [-0.4, -0.2) is 38.7 Å². The van der Waals surface area contributed by atoms with Crippen molar-refractivity contribution < 1.29 is 4.74 Å². The van der Waals surface area contributed by atoms with Crippen LogP contribution in [0.2, 0.25) is 0 Å². The third-order valence-corrected chi connectivity index (χ3v) is 4.05. The third kappa shape index (κ3) is 3.88. The van der Waals surface area contributed by atoms with Gasteiger partial charge in [0.05, 0.1) is 18.4 Å². The number of likely N-dealkylation sites (tertiary alicyclic amines) is 1. The zero-order chi connectivity index (χ0) is 14.4. The lowest BCUT2D eigenvalue weighted by molar-refractivity contribution is 0.215. The van der Waals surface area contributed by atoms with Crippen LogP contribution >= 0.6 is 0 Å². The standard InChI is InChI=1S/C16H23N3O/c1-19-9-6-13(7-10-19)5-8-18-16-11-15(20-2)4-3-14(16)12-17/h3-4,11,13,18H,5-10H2,1-2H3. The van der Waals surface area contributed by atoms with Crippen LogP contribution in [0.3, 0.4) is 0 Å². The van der Waals surface area contributed by atoms with Gasteiger partial charge in [0.2, 0.25) is 0 Å². The molecule has 20 heavy (non-hydrogen) atoms. The molecule has 0 spiro atoms. The maximum Gasteiger partial charge on any atom is 0.121 e. The molecule has 1 heterocycles. The summed E-state index contributed by atoms with van der Waals surface area (Å²) in [5.74, 6) is 1.58. The molecule has 0 aromatic heterocycles. The summed E-state index contributed by atoms with van der Waals surface area (Å²) >= 11 is 0. The highest BCUT2D eigenvalue weighted by Crippen LogP contribution is 2.23. The normalized spacial score (nSPS) is 16.6. The molecule has 0 radical (unpaired) electrons. The van der Waals surface area contributed by atoms with E-state index in [2.05, 4.69) is 23.3 Å². The van der Waals surface area contributed by atoms with Gasteiger partial charge in [-0.15, -0.1) is 0 Å². The summed E-state index contributed by atoms with van der Waals surface area (Å²) < 4.78 is 5.21. The van der Waals surface area contributed by atoms with E-state index < -0.39 is 0 Å². The molecule has 1 saturated heterocycles. The Hall–Kier alpha value is -1.73. The molecule has 4 nitrogen and oxygen atoms in total. The van der Waals surface area contributed by atoms with Crippen LogP contribution in [0, 0.1) is 17.2 Å². The van der Waals surface area contributed by atoms with E-state index in [1.54, 1.807) is 13.2 Å². The van der Waals surface area contributed by atoms with Gasteiger partial charge in [-0.2, -0.15) is 5.26 Å². The summed E-state index contributed by atoms with van der Waals surface area (Å²) in [7, 11) is 3.83. The van der Waals surface area contributed by atoms with Gasteiger partial charge in [0.1, 0.15) is 11.8 Å². The molecule has 108 valence electrons. The van der Waals surface area contributed by atoms with E-state index in [0.717, 1.165) is 30.3 Å². The molecule has 0 saturated carbocycles. The van der Waals surface area contributed by atoms with E-state index in [0.29, 0.717) is 5.56 Å². The topological polar surface area (TPSA) is 48.3 Å². The number of anilines is 1. The molecule has 0 aliphatic carbocycles. The van der Waals surface area contributed by atoms with Crippen molar-refractivity contribution in [2.24, 2.45) is 5.92 Å². The first-order valence-corrected chi connectivity index (χ1v) is 7.23. The highest BCUT2D eigenvalue weighted by atomic mass is 16.5. The minimum absolute atomic E-state index is 0.675. The second kappa shape index (κ2) is 7.16. The van der Waals surface area contributed by atoms with Crippen molar-refractivity contribution in [1.29, 1.82) is 5.26 Å². The van der Waals surface area contributed by atoms with E-state index in [9.17, 15) is 0 Å². The fraction of sp³-hybridized carbons (Fsp3) is 0.562. The van der Waals surface area contributed by atoms with E-state index >= 15 is 0 Å². The highest BCUT2D eigenvalue weighted by molar-refractivity contribution is 5.60. The lowest BCUT2D eigenvalue weighted by atomic mass is 9.94. The number of methoxy groups -OCH3 is 1. The lowest BCUT2D eigenvalue weighted by Gasteiger charge is -2.29. The summed E-state index contributed by atoms with van der Waals surface area (Å²) in [5.41, 5.74) is 1.55. The molecule has 1 aromatic carbocycles. The van der Waals surface area contributed by atoms with Gasteiger partial charge < -0.3 is 15.0 Å². The molecule has 0 atom stereocenters. The number of benzene rings is 1. The predicted molar refractivity (Wildman–Crippen MR) is 81.0 cm³/mol. The molecule has 0 unspecified atom stereocenters. The van der Waals surface area contributed by atoms with Crippen LogP contribution in [0.1, 0.15) is 24.8 Å². The summed E-state index contributed by atoms with van der Waals surface area (Å²) in [5, 5.41) is 12.5. The first-order valence-electron chi connectivity index (χ1n) is 7.23. The van der Waals surface area contributed by atoms with Gasteiger partial charge in [0.15, 0.2) is 0 Å². The quantitative estimate of drug-likeness (QED) is 0.896. The van der Waals surface area contributed by atoms with Crippen LogP contribution in [-0.2, 0) is 0 Å². The minimum Gasteiger partial charge on any atom is -0.497 e. The van der Waals surface area contributed by atoms with Gasteiger partial charge in [-0.1, -0.05) is 0 Å². The van der Waals surface area contributed by atoms with Gasteiger partial charge >= 0.3 is 0 Å². The molecule has 4 heteroatoms. The Labute approximate surface area is 121 Å². The van der Waals surface area contributed by atoms with Crippen molar-refractivity contribution in [3.63, 3.8) is 0 Å². The Kier molecular flexibility index (Phi) is 5.25. The molecule has 1 aliphatic heterocycles. The van der Waals surface area contributed by atoms with Crippen LogP contribution in [0.15, 0.2) is 18.2 Å². The monoisotopic (exact) mass is 273 g/mol. The lowest BCUT2D eigenvalue weighted by Crippen LogP contribution is -2.30. The van der Waals surface area contributed by atoms with Crippen LogP contribution in [0.4, 0.5) is 5.69 Å². The van der Waals surface area contributed by atoms with E-state index in [-0.39, 0.29) is 0 Å². The predicted octanol–water partition coefficient (Wildman–Crippen LogP) is 2.71. The second-order valence-electron chi connectivity index (χ2n) is 5.49.